The average Bonchev–Trinajstić information content (AvgIpc) is 3.05. The zero-order valence-corrected chi connectivity index (χ0v) is 18.7. The number of thiazole rings is 1. The summed E-state index contributed by atoms with van der Waals surface area (Å²) < 4.78 is 11.5. The predicted octanol–water partition coefficient (Wildman–Crippen LogP) is 3.91. The van der Waals surface area contributed by atoms with Crippen LogP contribution in [0.2, 0.25) is 5.02 Å². The number of hydrogen-bond acceptors (Lipinski definition) is 6. The van der Waals surface area contributed by atoms with Gasteiger partial charge in [0.25, 0.3) is 5.91 Å². The van der Waals surface area contributed by atoms with Crippen LogP contribution >= 0.6 is 22.9 Å². The van der Waals surface area contributed by atoms with Crippen molar-refractivity contribution in [1.29, 1.82) is 0 Å². The Kier molecular flexibility index (Phi) is 7.89. The molecule has 1 fully saturated rings. The number of aromatic nitrogens is 1. The molecule has 158 valence electrons. The Hall–Kier alpha value is -1.67. The maximum atomic E-state index is 12.5. The van der Waals surface area contributed by atoms with Gasteiger partial charge in [-0.2, -0.15) is 0 Å². The second kappa shape index (κ2) is 10.4. The van der Waals surface area contributed by atoms with Crippen molar-refractivity contribution >= 4 is 28.8 Å². The van der Waals surface area contributed by atoms with E-state index < -0.39 is 0 Å². The van der Waals surface area contributed by atoms with Crippen LogP contribution in [0, 0.1) is 6.92 Å². The van der Waals surface area contributed by atoms with E-state index >= 15 is 0 Å². The molecule has 0 bridgehead atoms. The van der Waals surface area contributed by atoms with Crippen molar-refractivity contribution in [3.05, 3.63) is 44.9 Å². The topological polar surface area (TPSA) is 63.7 Å². The van der Waals surface area contributed by atoms with Gasteiger partial charge in [0.15, 0.2) is 0 Å². The highest BCUT2D eigenvalue weighted by molar-refractivity contribution is 7.13. The molecule has 8 heteroatoms. The van der Waals surface area contributed by atoms with Gasteiger partial charge in [0.05, 0.1) is 17.9 Å². The van der Waals surface area contributed by atoms with Crippen molar-refractivity contribution in [1.82, 2.24) is 15.2 Å². The second-order valence-corrected chi connectivity index (χ2v) is 8.91. The lowest BCUT2D eigenvalue weighted by Crippen LogP contribution is -2.46. The summed E-state index contributed by atoms with van der Waals surface area (Å²) in [6.07, 6.45) is 1.44. The fourth-order valence-electron chi connectivity index (χ4n) is 3.45. The van der Waals surface area contributed by atoms with Crippen LogP contribution in [0.25, 0.3) is 0 Å². The second-order valence-electron chi connectivity index (χ2n) is 7.39. The Morgan fingerprint density at radius 3 is 2.69 bits per heavy atom. The van der Waals surface area contributed by atoms with Gasteiger partial charge in [-0.05, 0) is 51.5 Å². The number of morpholine rings is 1. The largest absolute Gasteiger partial charge is 0.486 e. The molecule has 0 aliphatic carbocycles. The normalized spacial score (nSPS) is 19.9. The molecule has 2 aromatic rings. The third-order valence-electron chi connectivity index (χ3n) is 4.65. The minimum Gasteiger partial charge on any atom is -0.486 e. The minimum atomic E-state index is -0.0681. The lowest BCUT2D eigenvalue weighted by Gasteiger charge is -2.35. The van der Waals surface area contributed by atoms with Gasteiger partial charge in [-0.25, -0.2) is 4.98 Å². The van der Waals surface area contributed by atoms with E-state index in [1.807, 2.05) is 19.1 Å². The zero-order valence-electron chi connectivity index (χ0n) is 17.1. The molecule has 1 aliphatic heterocycles. The molecule has 29 heavy (non-hydrogen) atoms. The molecule has 3 rings (SSSR count). The summed E-state index contributed by atoms with van der Waals surface area (Å²) in [5.74, 6) is 0.654. The van der Waals surface area contributed by atoms with Gasteiger partial charge in [0, 0.05) is 31.2 Å². The fraction of sp³-hybridized carbons (Fsp3) is 0.524. The molecule has 6 nitrogen and oxygen atoms in total. The summed E-state index contributed by atoms with van der Waals surface area (Å²) in [5.41, 5.74) is 0.734. The van der Waals surface area contributed by atoms with Crippen LogP contribution in [-0.4, -0.2) is 54.2 Å². The summed E-state index contributed by atoms with van der Waals surface area (Å²) in [7, 11) is 0. The Morgan fingerprint density at radius 1 is 1.31 bits per heavy atom. The molecule has 0 radical (unpaired) electrons. The quantitative estimate of drug-likeness (QED) is 0.634. The molecule has 0 saturated carbocycles. The van der Waals surface area contributed by atoms with E-state index in [-0.39, 0.29) is 18.1 Å². The fourth-order valence-corrected chi connectivity index (χ4v) is 4.47. The molecule has 1 N–H and O–H groups in total. The van der Waals surface area contributed by atoms with Crippen LogP contribution in [0.5, 0.6) is 5.75 Å². The summed E-state index contributed by atoms with van der Waals surface area (Å²) in [6.45, 7) is 9.89. The molecule has 1 amide bonds. The van der Waals surface area contributed by atoms with Gasteiger partial charge in [0.2, 0.25) is 0 Å². The number of carbonyl (C=O) groups excluding carboxylic acids is 1. The first-order valence-corrected chi connectivity index (χ1v) is 11.1. The van der Waals surface area contributed by atoms with Crippen LogP contribution in [0.4, 0.5) is 0 Å². The van der Waals surface area contributed by atoms with E-state index in [9.17, 15) is 4.79 Å². The van der Waals surface area contributed by atoms with Crippen LogP contribution in [-0.2, 0) is 11.3 Å². The van der Waals surface area contributed by atoms with E-state index in [0.29, 0.717) is 23.1 Å². The molecule has 1 aliphatic rings. The molecule has 0 spiro atoms. The SMILES string of the molecule is Cc1nc(COc2ccc(Cl)cc2)sc1C(=O)NCCCN1CC(C)OC(C)C1. The summed E-state index contributed by atoms with van der Waals surface area (Å²) in [6, 6.07) is 7.18. The van der Waals surface area contributed by atoms with Crippen molar-refractivity contribution in [2.24, 2.45) is 0 Å². The van der Waals surface area contributed by atoms with E-state index in [2.05, 4.69) is 29.0 Å². The number of nitrogens with zero attached hydrogens (tertiary/aromatic N) is 2. The molecule has 1 aromatic heterocycles. The van der Waals surface area contributed by atoms with E-state index in [1.165, 1.54) is 11.3 Å². The van der Waals surface area contributed by atoms with Gasteiger partial charge in [-0.1, -0.05) is 11.6 Å². The molecule has 1 saturated heterocycles. The first-order valence-electron chi connectivity index (χ1n) is 9.91. The van der Waals surface area contributed by atoms with Crippen molar-refractivity contribution in [3.63, 3.8) is 0 Å². The number of aryl methyl sites for hydroxylation is 1. The number of benzene rings is 1. The lowest BCUT2D eigenvalue weighted by molar-refractivity contribution is -0.0679. The van der Waals surface area contributed by atoms with Crippen LogP contribution < -0.4 is 10.1 Å². The summed E-state index contributed by atoms with van der Waals surface area (Å²) >= 11 is 7.25. The van der Waals surface area contributed by atoms with E-state index in [1.54, 1.807) is 12.1 Å². The van der Waals surface area contributed by atoms with Crippen molar-refractivity contribution < 1.29 is 14.3 Å². The van der Waals surface area contributed by atoms with Crippen molar-refractivity contribution in [2.45, 2.75) is 46.0 Å². The Morgan fingerprint density at radius 2 is 2.00 bits per heavy atom. The molecule has 2 atom stereocenters. The van der Waals surface area contributed by atoms with Crippen LogP contribution in [0.3, 0.4) is 0 Å². The number of carbonyl (C=O) groups is 1. The van der Waals surface area contributed by atoms with Gasteiger partial charge >= 0.3 is 0 Å². The van der Waals surface area contributed by atoms with E-state index in [0.717, 1.165) is 42.5 Å². The number of hydrogen-bond donors (Lipinski definition) is 1. The molecular weight excluding hydrogens is 410 g/mol. The Labute approximate surface area is 181 Å². The Bertz CT molecular complexity index is 802. The predicted molar refractivity (Wildman–Crippen MR) is 116 cm³/mol. The van der Waals surface area contributed by atoms with Gasteiger partial charge < -0.3 is 14.8 Å². The molecule has 1 aromatic carbocycles. The summed E-state index contributed by atoms with van der Waals surface area (Å²) in [4.78, 5) is 20.0. The smallest absolute Gasteiger partial charge is 0.263 e. The number of amides is 1. The van der Waals surface area contributed by atoms with Gasteiger partial charge in [-0.3, -0.25) is 9.69 Å². The van der Waals surface area contributed by atoms with Gasteiger partial charge in [-0.15, -0.1) is 11.3 Å². The highest BCUT2D eigenvalue weighted by Crippen LogP contribution is 2.21. The standard InChI is InChI=1S/C21H28ClN3O3S/c1-14-11-25(12-15(2)28-14)10-4-9-23-21(26)20-16(3)24-19(29-20)13-27-18-7-5-17(22)6-8-18/h5-8,14-15H,4,9-13H2,1-3H3,(H,23,26). The maximum Gasteiger partial charge on any atom is 0.263 e. The molecular formula is C21H28ClN3O3S. The van der Waals surface area contributed by atoms with Crippen molar-refractivity contribution in [3.8, 4) is 5.75 Å². The lowest BCUT2D eigenvalue weighted by atomic mass is 10.2. The molecule has 2 heterocycles. The number of rotatable bonds is 8. The third kappa shape index (κ3) is 6.67. The number of nitrogens with one attached hydrogen (secondary N) is 1. The minimum absolute atomic E-state index is 0.0681. The van der Waals surface area contributed by atoms with Crippen molar-refractivity contribution in [2.75, 3.05) is 26.2 Å². The average molecular weight is 438 g/mol. The van der Waals surface area contributed by atoms with Crippen LogP contribution in [0.1, 0.15) is 40.6 Å². The zero-order chi connectivity index (χ0) is 20.8. The Balaban J connectivity index is 1.43. The molecule has 2 unspecified atom stereocenters. The monoisotopic (exact) mass is 437 g/mol. The third-order valence-corrected chi connectivity index (χ3v) is 6.04. The number of ether oxygens (including phenoxy) is 2. The van der Waals surface area contributed by atoms with Gasteiger partial charge in [0.1, 0.15) is 22.2 Å². The van der Waals surface area contributed by atoms with E-state index in [4.69, 9.17) is 21.1 Å². The first kappa shape index (κ1) is 22.0. The summed E-state index contributed by atoms with van der Waals surface area (Å²) in [5, 5.41) is 4.46. The highest BCUT2D eigenvalue weighted by Gasteiger charge is 2.21. The first-order chi connectivity index (χ1) is 13.9. The maximum absolute atomic E-state index is 12.5. The number of halogens is 1. The highest BCUT2D eigenvalue weighted by atomic mass is 35.5. The van der Waals surface area contributed by atoms with Crippen LogP contribution in [0.15, 0.2) is 24.3 Å².